The lowest BCUT2D eigenvalue weighted by molar-refractivity contribution is -0.116. The average molecular weight is 489 g/mol. The number of amides is 2. The number of fused-ring (bicyclic) bond motifs is 1. The fourth-order valence-corrected chi connectivity index (χ4v) is 4.04. The molecule has 2 amide bonds. The van der Waals surface area contributed by atoms with Gasteiger partial charge in [0.2, 0.25) is 5.91 Å². The van der Waals surface area contributed by atoms with Crippen molar-refractivity contribution < 1.29 is 9.59 Å². The van der Waals surface area contributed by atoms with E-state index < -0.39 is 11.2 Å². The van der Waals surface area contributed by atoms with Gasteiger partial charge in [-0.2, -0.15) is 0 Å². The molecule has 36 heavy (non-hydrogen) atoms. The number of benzene rings is 2. The standard InChI is InChI=1S/C26H28N6O4/c1-30-23-22(25(35)31(2)26(30)36)32(17-28-23)16-8-13-21(33)29-20-12-7-6-11-19(20)24(34)27-15-14-18-9-4-3-5-10-18/h3-7,9-12,17H,8,13-16H2,1-2H3,(H,27,34)(H,29,33). The number of nitrogens with one attached hydrogen (secondary N) is 2. The van der Waals surface area contributed by atoms with Crippen LogP contribution in [0.15, 0.2) is 70.5 Å². The van der Waals surface area contributed by atoms with Crippen molar-refractivity contribution in [2.24, 2.45) is 14.1 Å². The zero-order chi connectivity index (χ0) is 25.7. The summed E-state index contributed by atoms with van der Waals surface area (Å²) in [4.78, 5) is 54.2. The Hall–Kier alpha value is -4.47. The Balaban J connectivity index is 1.35. The number of imidazole rings is 1. The monoisotopic (exact) mass is 488 g/mol. The van der Waals surface area contributed by atoms with Crippen molar-refractivity contribution in [1.29, 1.82) is 0 Å². The second-order valence-corrected chi connectivity index (χ2v) is 8.50. The third-order valence-corrected chi connectivity index (χ3v) is 6.01. The van der Waals surface area contributed by atoms with Gasteiger partial charge in [-0.1, -0.05) is 42.5 Å². The molecule has 10 heteroatoms. The van der Waals surface area contributed by atoms with Crippen molar-refractivity contribution in [3.05, 3.63) is 92.9 Å². The number of rotatable bonds is 9. The maximum atomic E-state index is 12.7. The summed E-state index contributed by atoms with van der Waals surface area (Å²) in [6.07, 6.45) is 2.82. The number of aryl methyl sites for hydroxylation is 2. The Bertz CT molecular complexity index is 1520. The zero-order valence-electron chi connectivity index (χ0n) is 20.2. The van der Waals surface area contributed by atoms with Crippen LogP contribution in [0.25, 0.3) is 11.2 Å². The van der Waals surface area contributed by atoms with E-state index in [4.69, 9.17) is 0 Å². The molecule has 186 valence electrons. The van der Waals surface area contributed by atoms with E-state index in [2.05, 4.69) is 15.6 Å². The van der Waals surface area contributed by atoms with Gasteiger partial charge in [-0.25, -0.2) is 9.78 Å². The third kappa shape index (κ3) is 5.27. The Kier molecular flexibility index (Phi) is 7.43. The van der Waals surface area contributed by atoms with E-state index in [1.807, 2.05) is 30.3 Å². The molecular weight excluding hydrogens is 460 g/mol. The van der Waals surface area contributed by atoms with Crippen molar-refractivity contribution in [1.82, 2.24) is 24.0 Å². The first-order valence-electron chi connectivity index (χ1n) is 11.7. The van der Waals surface area contributed by atoms with E-state index in [-0.39, 0.29) is 18.2 Å². The quantitative estimate of drug-likeness (QED) is 0.372. The number of hydrogen-bond donors (Lipinski definition) is 2. The highest BCUT2D eigenvalue weighted by Crippen LogP contribution is 2.16. The van der Waals surface area contributed by atoms with Gasteiger partial charge >= 0.3 is 5.69 Å². The van der Waals surface area contributed by atoms with Crippen LogP contribution in [-0.2, 0) is 31.9 Å². The number of anilines is 1. The molecule has 0 saturated heterocycles. The summed E-state index contributed by atoms with van der Waals surface area (Å²) in [7, 11) is 2.98. The minimum Gasteiger partial charge on any atom is -0.352 e. The first-order valence-corrected chi connectivity index (χ1v) is 11.7. The average Bonchev–Trinajstić information content (AvgIpc) is 3.31. The topological polar surface area (TPSA) is 120 Å². The summed E-state index contributed by atoms with van der Waals surface area (Å²) in [5, 5.41) is 5.72. The van der Waals surface area contributed by atoms with Gasteiger partial charge in [0.25, 0.3) is 11.5 Å². The predicted octanol–water partition coefficient (Wildman–Crippen LogP) is 1.83. The number of para-hydroxylation sites is 1. The summed E-state index contributed by atoms with van der Waals surface area (Å²) >= 11 is 0. The van der Waals surface area contributed by atoms with Gasteiger partial charge in [0.1, 0.15) is 0 Å². The third-order valence-electron chi connectivity index (χ3n) is 6.01. The van der Waals surface area contributed by atoms with E-state index >= 15 is 0 Å². The van der Waals surface area contributed by atoms with Crippen LogP contribution < -0.4 is 21.9 Å². The molecule has 4 aromatic rings. The molecule has 2 N–H and O–H groups in total. The minimum atomic E-state index is -0.445. The minimum absolute atomic E-state index is 0.176. The molecular formula is C26H28N6O4. The molecule has 0 aliphatic rings. The highest BCUT2D eigenvalue weighted by Gasteiger charge is 2.15. The molecule has 0 radical (unpaired) electrons. The molecule has 0 aliphatic carbocycles. The lowest BCUT2D eigenvalue weighted by Crippen LogP contribution is -2.37. The molecule has 0 spiro atoms. The summed E-state index contributed by atoms with van der Waals surface area (Å²) < 4.78 is 4.01. The molecule has 10 nitrogen and oxygen atoms in total. The van der Waals surface area contributed by atoms with Gasteiger partial charge in [-0.05, 0) is 30.5 Å². The largest absolute Gasteiger partial charge is 0.352 e. The van der Waals surface area contributed by atoms with Crippen LogP contribution in [0.2, 0.25) is 0 Å². The predicted molar refractivity (Wildman–Crippen MR) is 137 cm³/mol. The van der Waals surface area contributed by atoms with E-state index in [1.165, 1.54) is 17.9 Å². The van der Waals surface area contributed by atoms with Crippen LogP contribution in [-0.4, -0.2) is 37.0 Å². The molecule has 0 saturated carbocycles. The van der Waals surface area contributed by atoms with Crippen LogP contribution in [0.1, 0.15) is 28.8 Å². The fraction of sp³-hybridized carbons (Fsp3) is 0.269. The van der Waals surface area contributed by atoms with Crippen LogP contribution in [0, 0.1) is 0 Å². The first-order chi connectivity index (χ1) is 17.4. The molecule has 2 aromatic heterocycles. The highest BCUT2D eigenvalue weighted by atomic mass is 16.2. The number of carbonyl (C=O) groups excluding carboxylic acids is 2. The van der Waals surface area contributed by atoms with Gasteiger partial charge < -0.3 is 15.2 Å². The first kappa shape index (κ1) is 24.6. The van der Waals surface area contributed by atoms with Crippen LogP contribution in [0.5, 0.6) is 0 Å². The molecule has 0 atom stereocenters. The summed E-state index contributed by atoms with van der Waals surface area (Å²) in [5.41, 5.74) is 1.71. The van der Waals surface area contributed by atoms with Gasteiger partial charge in [0.15, 0.2) is 11.2 Å². The van der Waals surface area contributed by atoms with Crippen LogP contribution in [0.3, 0.4) is 0 Å². The van der Waals surface area contributed by atoms with Gasteiger partial charge in [-0.15, -0.1) is 0 Å². The lowest BCUT2D eigenvalue weighted by Gasteiger charge is -2.12. The van der Waals surface area contributed by atoms with Gasteiger partial charge in [0.05, 0.1) is 17.6 Å². The second kappa shape index (κ2) is 10.9. The summed E-state index contributed by atoms with van der Waals surface area (Å²) in [6, 6.07) is 16.7. The van der Waals surface area contributed by atoms with Gasteiger partial charge in [-0.3, -0.25) is 23.5 Å². The molecule has 2 heterocycles. The maximum absolute atomic E-state index is 12.7. The Morgan fingerprint density at radius 2 is 1.67 bits per heavy atom. The number of nitrogens with zero attached hydrogens (tertiary/aromatic N) is 4. The molecule has 0 bridgehead atoms. The van der Waals surface area contributed by atoms with Crippen molar-refractivity contribution >= 4 is 28.7 Å². The van der Waals surface area contributed by atoms with Crippen LogP contribution in [0.4, 0.5) is 5.69 Å². The zero-order valence-corrected chi connectivity index (χ0v) is 20.2. The van der Waals surface area contributed by atoms with E-state index in [1.54, 1.807) is 35.9 Å². The molecule has 0 fully saturated rings. The van der Waals surface area contributed by atoms with Crippen molar-refractivity contribution in [2.75, 3.05) is 11.9 Å². The SMILES string of the molecule is Cn1c(=O)c2c(ncn2CCCC(=O)Nc2ccccc2C(=O)NCCc2ccccc2)n(C)c1=O. The molecule has 0 unspecified atom stereocenters. The fourth-order valence-electron chi connectivity index (χ4n) is 4.04. The lowest BCUT2D eigenvalue weighted by atomic mass is 10.1. The Morgan fingerprint density at radius 1 is 0.944 bits per heavy atom. The Morgan fingerprint density at radius 3 is 2.44 bits per heavy atom. The normalized spacial score (nSPS) is 10.9. The van der Waals surface area contributed by atoms with Crippen molar-refractivity contribution in [2.45, 2.75) is 25.8 Å². The highest BCUT2D eigenvalue weighted by molar-refractivity contribution is 6.03. The second-order valence-electron chi connectivity index (χ2n) is 8.50. The van der Waals surface area contributed by atoms with Crippen molar-refractivity contribution in [3.63, 3.8) is 0 Å². The van der Waals surface area contributed by atoms with Gasteiger partial charge in [0, 0.05) is 33.6 Å². The molecule has 4 rings (SSSR count). The Labute approximate surface area is 207 Å². The summed E-state index contributed by atoms with van der Waals surface area (Å²) in [5.74, 6) is -0.502. The number of hydrogen-bond acceptors (Lipinski definition) is 5. The number of aromatic nitrogens is 4. The summed E-state index contributed by atoms with van der Waals surface area (Å²) in [6.45, 7) is 0.855. The molecule has 0 aliphatic heterocycles. The molecule has 2 aromatic carbocycles. The maximum Gasteiger partial charge on any atom is 0.332 e. The van der Waals surface area contributed by atoms with Crippen LogP contribution >= 0.6 is 0 Å². The number of carbonyl (C=O) groups is 2. The van der Waals surface area contributed by atoms with E-state index in [0.717, 1.165) is 10.1 Å². The smallest absolute Gasteiger partial charge is 0.332 e. The van der Waals surface area contributed by atoms with E-state index in [0.29, 0.717) is 48.3 Å². The van der Waals surface area contributed by atoms with Crippen molar-refractivity contribution in [3.8, 4) is 0 Å². The van der Waals surface area contributed by atoms with E-state index in [9.17, 15) is 19.2 Å².